The van der Waals surface area contributed by atoms with E-state index < -0.39 is 0 Å². The van der Waals surface area contributed by atoms with Crippen LogP contribution in [0.5, 0.6) is 11.5 Å². The number of nitrogens with zero attached hydrogens (tertiary/aromatic N) is 1. The van der Waals surface area contributed by atoms with E-state index in [1.807, 2.05) is 30.1 Å². The normalized spacial score (nSPS) is 15.6. The molecule has 0 N–H and O–H groups in total. The molecule has 1 aromatic rings. The number of likely N-dealkylation sites (N-methyl/N-ethyl adjacent to an activating group) is 1. The number of hydrogen-bond donors (Lipinski definition) is 0. The molecule has 1 aliphatic rings. The van der Waals surface area contributed by atoms with Crippen LogP contribution in [0.3, 0.4) is 0 Å². The van der Waals surface area contributed by atoms with Gasteiger partial charge in [-0.1, -0.05) is 19.3 Å². The van der Waals surface area contributed by atoms with Gasteiger partial charge in [-0.25, -0.2) is 0 Å². The molecular weight excluding hydrogens is 290 g/mol. The van der Waals surface area contributed by atoms with Gasteiger partial charge in [0.25, 0.3) is 0 Å². The maximum absolute atomic E-state index is 12.3. The Balaban J connectivity index is 1.96. The highest BCUT2D eigenvalue weighted by molar-refractivity contribution is 5.92. The minimum absolute atomic E-state index is 0.0356. The van der Waals surface area contributed by atoms with Gasteiger partial charge in [0.05, 0.1) is 14.2 Å². The van der Waals surface area contributed by atoms with Gasteiger partial charge in [-0.3, -0.25) is 4.79 Å². The number of carbonyl (C=O) groups is 1. The zero-order valence-corrected chi connectivity index (χ0v) is 14.4. The van der Waals surface area contributed by atoms with Crippen molar-refractivity contribution in [1.29, 1.82) is 0 Å². The van der Waals surface area contributed by atoms with Gasteiger partial charge in [0.2, 0.25) is 5.91 Å². The van der Waals surface area contributed by atoms with Crippen LogP contribution in [-0.2, 0) is 4.79 Å². The third-order valence-corrected chi connectivity index (χ3v) is 4.48. The fourth-order valence-electron chi connectivity index (χ4n) is 3.09. The quantitative estimate of drug-likeness (QED) is 0.750. The van der Waals surface area contributed by atoms with Gasteiger partial charge in [-0.15, -0.1) is 0 Å². The first-order valence-corrected chi connectivity index (χ1v) is 8.29. The van der Waals surface area contributed by atoms with E-state index in [9.17, 15) is 4.79 Å². The third kappa shape index (κ3) is 5.02. The van der Waals surface area contributed by atoms with Gasteiger partial charge in [0, 0.05) is 31.3 Å². The van der Waals surface area contributed by atoms with Crippen molar-refractivity contribution < 1.29 is 14.3 Å². The molecule has 0 aliphatic heterocycles. The number of hydrogen-bond acceptors (Lipinski definition) is 3. The lowest BCUT2D eigenvalue weighted by atomic mass is 9.89. The summed E-state index contributed by atoms with van der Waals surface area (Å²) in [4.78, 5) is 14.1. The lowest BCUT2D eigenvalue weighted by Crippen LogP contribution is -2.31. The van der Waals surface area contributed by atoms with E-state index in [4.69, 9.17) is 9.47 Å². The van der Waals surface area contributed by atoms with Crippen LogP contribution in [0.4, 0.5) is 0 Å². The number of rotatable bonds is 6. The number of carbonyl (C=O) groups excluding carboxylic acids is 1. The lowest BCUT2D eigenvalue weighted by molar-refractivity contribution is -0.125. The predicted molar refractivity (Wildman–Crippen MR) is 92.8 cm³/mol. The zero-order valence-electron chi connectivity index (χ0n) is 14.4. The number of methoxy groups -OCH3 is 2. The second-order valence-corrected chi connectivity index (χ2v) is 6.16. The summed E-state index contributed by atoms with van der Waals surface area (Å²) in [7, 11) is 5.11. The summed E-state index contributed by atoms with van der Waals surface area (Å²) in [5, 5.41) is 0. The van der Waals surface area contributed by atoms with Gasteiger partial charge in [-0.05, 0) is 37.0 Å². The van der Waals surface area contributed by atoms with Crippen molar-refractivity contribution in [3.63, 3.8) is 0 Å². The van der Waals surface area contributed by atoms with Crippen molar-refractivity contribution in [2.24, 2.45) is 5.92 Å². The molecule has 0 unspecified atom stereocenters. The fraction of sp³-hybridized carbons (Fsp3) is 0.526. The maximum atomic E-state index is 12.3. The Morgan fingerprint density at radius 1 is 1.22 bits per heavy atom. The Labute approximate surface area is 139 Å². The second kappa shape index (κ2) is 8.61. The molecule has 0 radical (unpaired) electrons. The van der Waals surface area contributed by atoms with E-state index >= 15 is 0 Å². The topological polar surface area (TPSA) is 38.8 Å². The van der Waals surface area contributed by atoms with Crippen molar-refractivity contribution in [1.82, 2.24) is 4.90 Å². The number of ether oxygens (including phenoxy) is 2. The Hall–Kier alpha value is -1.97. The largest absolute Gasteiger partial charge is 0.497 e. The molecule has 0 heterocycles. The molecule has 1 aliphatic carbocycles. The van der Waals surface area contributed by atoms with Gasteiger partial charge >= 0.3 is 0 Å². The first-order chi connectivity index (χ1) is 11.1. The highest BCUT2D eigenvalue weighted by Gasteiger charge is 2.17. The van der Waals surface area contributed by atoms with Crippen molar-refractivity contribution >= 4 is 12.0 Å². The van der Waals surface area contributed by atoms with Crippen LogP contribution in [0, 0.1) is 5.92 Å². The second-order valence-electron chi connectivity index (χ2n) is 6.16. The summed E-state index contributed by atoms with van der Waals surface area (Å²) in [6, 6.07) is 5.57. The molecule has 23 heavy (non-hydrogen) atoms. The first kappa shape index (κ1) is 17.4. The molecule has 1 amide bonds. The summed E-state index contributed by atoms with van der Waals surface area (Å²) in [5.41, 5.74) is 0.868. The Bertz CT molecular complexity index is 548. The van der Waals surface area contributed by atoms with Crippen LogP contribution in [0.2, 0.25) is 0 Å². The Morgan fingerprint density at radius 2 is 1.96 bits per heavy atom. The van der Waals surface area contributed by atoms with Crippen LogP contribution in [0.25, 0.3) is 6.08 Å². The Morgan fingerprint density at radius 3 is 2.61 bits per heavy atom. The Kier molecular flexibility index (Phi) is 6.51. The van der Waals surface area contributed by atoms with Crippen molar-refractivity contribution in [3.05, 3.63) is 29.8 Å². The van der Waals surface area contributed by atoms with E-state index in [1.54, 1.807) is 26.4 Å². The van der Waals surface area contributed by atoms with E-state index in [2.05, 4.69) is 0 Å². The average molecular weight is 317 g/mol. The predicted octanol–water partition coefficient (Wildman–Crippen LogP) is 3.76. The summed E-state index contributed by atoms with van der Waals surface area (Å²) in [6.45, 7) is 0.850. The molecule has 0 bridgehead atoms. The number of amides is 1. The van der Waals surface area contributed by atoms with E-state index in [0.29, 0.717) is 11.7 Å². The van der Waals surface area contributed by atoms with Crippen molar-refractivity contribution in [2.75, 3.05) is 27.8 Å². The minimum Gasteiger partial charge on any atom is -0.497 e. The molecule has 1 saturated carbocycles. The molecule has 4 heteroatoms. The maximum Gasteiger partial charge on any atom is 0.246 e. The number of benzene rings is 1. The third-order valence-electron chi connectivity index (χ3n) is 4.48. The van der Waals surface area contributed by atoms with Crippen LogP contribution in [0.15, 0.2) is 24.3 Å². The monoisotopic (exact) mass is 317 g/mol. The van der Waals surface area contributed by atoms with Gasteiger partial charge in [-0.2, -0.15) is 0 Å². The smallest absolute Gasteiger partial charge is 0.246 e. The molecule has 0 saturated heterocycles. The van der Waals surface area contributed by atoms with Crippen LogP contribution < -0.4 is 9.47 Å². The zero-order chi connectivity index (χ0) is 16.7. The van der Waals surface area contributed by atoms with Gasteiger partial charge in [0.1, 0.15) is 11.5 Å². The molecule has 1 fully saturated rings. The van der Waals surface area contributed by atoms with Gasteiger partial charge < -0.3 is 14.4 Å². The highest BCUT2D eigenvalue weighted by atomic mass is 16.5. The van der Waals surface area contributed by atoms with Crippen LogP contribution >= 0.6 is 0 Å². The average Bonchev–Trinajstić information content (AvgIpc) is 2.60. The molecular formula is C19H27NO3. The van der Waals surface area contributed by atoms with Crippen molar-refractivity contribution in [2.45, 2.75) is 32.1 Å². The standard InChI is InChI=1S/C19H27NO3/c1-20(14-15-7-5-4-6-8-15)19(21)12-10-16-9-11-17(22-2)13-18(16)23-3/h9-13,15H,4-8,14H2,1-3H3/b12-10+. The molecule has 0 aromatic heterocycles. The van der Waals surface area contributed by atoms with Crippen molar-refractivity contribution in [3.8, 4) is 11.5 Å². The van der Waals surface area contributed by atoms with Crippen LogP contribution in [0.1, 0.15) is 37.7 Å². The minimum atomic E-state index is 0.0356. The van der Waals surface area contributed by atoms with Gasteiger partial charge in [0.15, 0.2) is 0 Å². The summed E-state index contributed by atoms with van der Waals surface area (Å²) in [5.74, 6) is 2.12. The molecule has 0 spiro atoms. The molecule has 0 atom stereocenters. The SMILES string of the molecule is COc1ccc(/C=C/C(=O)N(C)CC2CCCCC2)c(OC)c1. The summed E-state index contributed by atoms with van der Waals surface area (Å²) < 4.78 is 10.5. The molecule has 126 valence electrons. The van der Waals surface area contributed by atoms with E-state index in [0.717, 1.165) is 17.9 Å². The van der Waals surface area contributed by atoms with E-state index in [-0.39, 0.29) is 5.91 Å². The summed E-state index contributed by atoms with van der Waals surface area (Å²) >= 11 is 0. The lowest BCUT2D eigenvalue weighted by Gasteiger charge is -2.26. The fourth-order valence-corrected chi connectivity index (χ4v) is 3.09. The van der Waals surface area contributed by atoms with Crippen LogP contribution in [-0.4, -0.2) is 38.6 Å². The first-order valence-electron chi connectivity index (χ1n) is 8.29. The molecule has 4 nitrogen and oxygen atoms in total. The molecule has 1 aromatic carbocycles. The highest BCUT2D eigenvalue weighted by Crippen LogP contribution is 2.26. The van der Waals surface area contributed by atoms with E-state index in [1.165, 1.54) is 32.1 Å². The summed E-state index contributed by atoms with van der Waals surface area (Å²) in [6.07, 6.45) is 9.84. The molecule has 2 rings (SSSR count).